The van der Waals surface area contributed by atoms with Gasteiger partial charge in [0.1, 0.15) is 17.6 Å². The predicted octanol–water partition coefficient (Wildman–Crippen LogP) is 3.20. The molecule has 1 aliphatic rings. The third-order valence-electron chi connectivity index (χ3n) is 4.58. The van der Waals surface area contributed by atoms with Crippen molar-refractivity contribution in [2.75, 3.05) is 19.7 Å². The van der Waals surface area contributed by atoms with E-state index in [1.165, 1.54) is 0 Å². The van der Waals surface area contributed by atoms with Crippen LogP contribution in [0.5, 0.6) is 11.5 Å². The van der Waals surface area contributed by atoms with Crippen LogP contribution < -0.4 is 15.2 Å². The third kappa shape index (κ3) is 5.16. The van der Waals surface area contributed by atoms with Crippen molar-refractivity contribution >= 4 is 23.4 Å². The van der Waals surface area contributed by atoms with Crippen LogP contribution in [0.15, 0.2) is 42.5 Å². The van der Waals surface area contributed by atoms with Gasteiger partial charge in [0.05, 0.1) is 5.56 Å². The fourth-order valence-corrected chi connectivity index (χ4v) is 3.25. The van der Waals surface area contributed by atoms with Crippen LogP contribution in [0.2, 0.25) is 5.02 Å². The summed E-state index contributed by atoms with van der Waals surface area (Å²) in [4.78, 5) is 25.8. The van der Waals surface area contributed by atoms with Crippen molar-refractivity contribution in [2.45, 2.75) is 25.9 Å². The number of carbonyl (C=O) groups excluding carboxylic acids is 2. The van der Waals surface area contributed by atoms with Gasteiger partial charge in [-0.25, -0.2) is 0 Å². The van der Waals surface area contributed by atoms with Crippen LogP contribution in [0, 0.1) is 6.92 Å². The fourth-order valence-electron chi connectivity index (χ4n) is 3.13. The van der Waals surface area contributed by atoms with Gasteiger partial charge < -0.3 is 20.1 Å². The molecule has 3 rings (SSSR count). The molecule has 148 valence electrons. The molecule has 0 unspecified atom stereocenters. The smallest absolute Gasteiger partial charge is 0.257 e. The van der Waals surface area contributed by atoms with Crippen molar-refractivity contribution in [1.29, 1.82) is 0 Å². The Labute approximate surface area is 169 Å². The first-order chi connectivity index (χ1) is 13.4. The van der Waals surface area contributed by atoms with E-state index >= 15 is 0 Å². The van der Waals surface area contributed by atoms with Gasteiger partial charge >= 0.3 is 0 Å². The molecule has 2 N–H and O–H groups in total. The van der Waals surface area contributed by atoms with Gasteiger partial charge in [-0.05, 0) is 48.9 Å². The van der Waals surface area contributed by atoms with Crippen LogP contribution in [0.1, 0.15) is 28.8 Å². The van der Waals surface area contributed by atoms with E-state index in [0.29, 0.717) is 29.4 Å². The zero-order valence-corrected chi connectivity index (χ0v) is 16.4. The molecule has 0 spiro atoms. The third-order valence-corrected chi connectivity index (χ3v) is 4.84. The van der Waals surface area contributed by atoms with Crippen molar-refractivity contribution in [3.8, 4) is 11.5 Å². The van der Waals surface area contributed by atoms with Gasteiger partial charge in [0.25, 0.3) is 11.8 Å². The predicted molar refractivity (Wildman–Crippen MR) is 107 cm³/mol. The molecule has 0 aliphatic carbocycles. The van der Waals surface area contributed by atoms with E-state index in [0.717, 1.165) is 24.2 Å². The zero-order valence-electron chi connectivity index (χ0n) is 15.7. The second-order valence-corrected chi connectivity index (χ2v) is 7.25. The molecular formula is C21H23ClN2O4. The Morgan fingerprint density at radius 2 is 1.82 bits per heavy atom. The van der Waals surface area contributed by atoms with Gasteiger partial charge in [0.2, 0.25) is 0 Å². The highest BCUT2D eigenvalue weighted by molar-refractivity contribution is 6.30. The van der Waals surface area contributed by atoms with Crippen molar-refractivity contribution in [3.63, 3.8) is 0 Å². The van der Waals surface area contributed by atoms with Gasteiger partial charge in [-0.3, -0.25) is 9.59 Å². The van der Waals surface area contributed by atoms with Crippen LogP contribution in [0.3, 0.4) is 0 Å². The number of amides is 2. The lowest BCUT2D eigenvalue weighted by molar-refractivity contribution is -0.119. The maximum absolute atomic E-state index is 13.0. The number of ether oxygens (including phenoxy) is 2. The summed E-state index contributed by atoms with van der Waals surface area (Å²) in [5.41, 5.74) is 6.52. The Balaban J connectivity index is 1.62. The standard InChI is InChI=1S/C21H23ClN2O4/c1-14-2-7-18(19(12-14)27-13-20(23)25)21(26)24-10-8-17(9-11-24)28-16-5-3-15(22)4-6-16/h2-7,12,17H,8-11,13H2,1H3,(H2,23,25). The van der Waals surface area contributed by atoms with Crippen LogP contribution >= 0.6 is 11.6 Å². The number of likely N-dealkylation sites (tertiary alicyclic amines) is 1. The molecule has 1 heterocycles. The summed E-state index contributed by atoms with van der Waals surface area (Å²) >= 11 is 5.89. The number of piperidine rings is 1. The lowest BCUT2D eigenvalue weighted by Gasteiger charge is -2.32. The van der Waals surface area contributed by atoms with E-state index in [4.69, 9.17) is 26.8 Å². The molecule has 1 fully saturated rings. The topological polar surface area (TPSA) is 81.9 Å². The maximum atomic E-state index is 13.0. The quantitative estimate of drug-likeness (QED) is 0.804. The highest BCUT2D eigenvalue weighted by Gasteiger charge is 2.26. The number of benzene rings is 2. The molecule has 0 aromatic heterocycles. The lowest BCUT2D eigenvalue weighted by atomic mass is 10.0. The summed E-state index contributed by atoms with van der Waals surface area (Å²) in [6.07, 6.45) is 1.52. The number of hydrogen-bond acceptors (Lipinski definition) is 4. The van der Waals surface area contributed by atoms with Crippen LogP contribution in [-0.2, 0) is 4.79 Å². The minimum Gasteiger partial charge on any atom is -0.490 e. The van der Waals surface area contributed by atoms with E-state index in [2.05, 4.69) is 0 Å². The number of nitrogens with two attached hydrogens (primary N) is 1. The van der Waals surface area contributed by atoms with E-state index < -0.39 is 5.91 Å². The first-order valence-electron chi connectivity index (χ1n) is 9.15. The minimum atomic E-state index is -0.583. The normalized spacial score (nSPS) is 14.6. The van der Waals surface area contributed by atoms with Gasteiger partial charge in [-0.2, -0.15) is 0 Å². The number of aryl methyl sites for hydroxylation is 1. The Kier molecular flexibility index (Phi) is 6.41. The monoisotopic (exact) mass is 402 g/mol. The first kappa shape index (κ1) is 20.0. The van der Waals surface area contributed by atoms with Crippen LogP contribution in [-0.4, -0.2) is 42.5 Å². The second-order valence-electron chi connectivity index (χ2n) is 6.82. The molecule has 0 bridgehead atoms. The van der Waals surface area contributed by atoms with E-state index in [-0.39, 0.29) is 18.6 Å². The highest BCUT2D eigenvalue weighted by Crippen LogP contribution is 2.25. The fraction of sp³-hybridized carbons (Fsp3) is 0.333. The SMILES string of the molecule is Cc1ccc(C(=O)N2CCC(Oc3ccc(Cl)cc3)CC2)c(OCC(N)=O)c1. The molecule has 6 nitrogen and oxygen atoms in total. The summed E-state index contributed by atoms with van der Waals surface area (Å²) in [5, 5.41) is 0.667. The van der Waals surface area contributed by atoms with E-state index in [1.54, 1.807) is 29.2 Å². The number of hydrogen-bond donors (Lipinski definition) is 1. The van der Waals surface area contributed by atoms with E-state index in [9.17, 15) is 9.59 Å². The van der Waals surface area contributed by atoms with Crippen LogP contribution in [0.4, 0.5) is 0 Å². The van der Waals surface area contributed by atoms with Gasteiger partial charge in [-0.15, -0.1) is 0 Å². The van der Waals surface area contributed by atoms with Gasteiger partial charge in [0.15, 0.2) is 6.61 Å². The molecule has 28 heavy (non-hydrogen) atoms. The Morgan fingerprint density at radius 3 is 2.46 bits per heavy atom. The number of halogens is 1. The second kappa shape index (κ2) is 8.97. The molecule has 1 aliphatic heterocycles. The van der Waals surface area contributed by atoms with Crippen molar-refractivity contribution in [3.05, 3.63) is 58.6 Å². The van der Waals surface area contributed by atoms with Gasteiger partial charge in [0, 0.05) is 31.0 Å². The highest BCUT2D eigenvalue weighted by atomic mass is 35.5. The maximum Gasteiger partial charge on any atom is 0.257 e. The summed E-state index contributed by atoms with van der Waals surface area (Å²) < 4.78 is 11.4. The molecule has 0 atom stereocenters. The Hall–Kier alpha value is -2.73. The first-order valence-corrected chi connectivity index (χ1v) is 9.53. The lowest BCUT2D eigenvalue weighted by Crippen LogP contribution is -2.42. The average Bonchev–Trinajstić information content (AvgIpc) is 2.68. The molecule has 7 heteroatoms. The molecule has 1 saturated heterocycles. The molecule has 2 amide bonds. The number of primary amides is 1. The minimum absolute atomic E-state index is 0.0498. The summed E-state index contributed by atoms with van der Waals surface area (Å²) in [6.45, 7) is 2.80. The number of nitrogens with zero attached hydrogens (tertiary/aromatic N) is 1. The largest absolute Gasteiger partial charge is 0.490 e. The average molecular weight is 403 g/mol. The zero-order chi connectivity index (χ0) is 20.1. The van der Waals surface area contributed by atoms with Crippen molar-refractivity contribution < 1.29 is 19.1 Å². The molecule has 2 aromatic carbocycles. The summed E-state index contributed by atoms with van der Waals surface area (Å²) in [6, 6.07) is 12.6. The molecule has 2 aromatic rings. The number of carbonyl (C=O) groups is 2. The van der Waals surface area contributed by atoms with Crippen molar-refractivity contribution in [2.24, 2.45) is 5.73 Å². The Bertz CT molecular complexity index is 846. The number of rotatable bonds is 6. The van der Waals surface area contributed by atoms with E-state index in [1.807, 2.05) is 25.1 Å². The Morgan fingerprint density at radius 1 is 1.14 bits per heavy atom. The molecule has 0 radical (unpaired) electrons. The summed E-state index contributed by atoms with van der Waals surface area (Å²) in [5.74, 6) is 0.447. The molecular weight excluding hydrogens is 380 g/mol. The van der Waals surface area contributed by atoms with Gasteiger partial charge in [-0.1, -0.05) is 17.7 Å². The van der Waals surface area contributed by atoms with Crippen LogP contribution in [0.25, 0.3) is 0 Å². The summed E-state index contributed by atoms with van der Waals surface area (Å²) in [7, 11) is 0. The molecule has 0 saturated carbocycles. The van der Waals surface area contributed by atoms with Crippen molar-refractivity contribution in [1.82, 2.24) is 4.90 Å².